The predicted octanol–water partition coefficient (Wildman–Crippen LogP) is 5.94. The number of hydrogen-bond acceptors (Lipinski definition) is 4. The Balaban J connectivity index is 1.38. The molecule has 190 valence electrons. The predicted molar refractivity (Wildman–Crippen MR) is 144 cm³/mol. The lowest BCUT2D eigenvalue weighted by Gasteiger charge is -2.38. The summed E-state index contributed by atoms with van der Waals surface area (Å²) < 4.78 is 11.8. The van der Waals surface area contributed by atoms with Gasteiger partial charge in [-0.15, -0.1) is 0 Å². The normalized spacial score (nSPS) is 15.9. The Labute approximate surface area is 219 Å². The number of amides is 1. The summed E-state index contributed by atoms with van der Waals surface area (Å²) in [6.07, 6.45) is 0.697. The van der Waals surface area contributed by atoms with Crippen LogP contribution in [-0.4, -0.2) is 55.5 Å². The van der Waals surface area contributed by atoms with Crippen LogP contribution in [0.4, 0.5) is 0 Å². The van der Waals surface area contributed by atoms with E-state index in [4.69, 9.17) is 21.1 Å². The second kappa shape index (κ2) is 12.9. The van der Waals surface area contributed by atoms with Gasteiger partial charge < -0.3 is 14.4 Å². The Morgan fingerprint density at radius 3 is 2.31 bits per heavy atom. The van der Waals surface area contributed by atoms with Crippen molar-refractivity contribution in [2.75, 3.05) is 39.8 Å². The van der Waals surface area contributed by atoms with Crippen LogP contribution >= 0.6 is 11.6 Å². The molecule has 0 unspecified atom stereocenters. The summed E-state index contributed by atoms with van der Waals surface area (Å²) in [6, 6.07) is 25.9. The van der Waals surface area contributed by atoms with Gasteiger partial charge in [-0.3, -0.25) is 9.69 Å². The summed E-state index contributed by atoms with van der Waals surface area (Å²) in [5, 5.41) is 0.710. The molecule has 2 atom stereocenters. The van der Waals surface area contributed by atoms with Gasteiger partial charge in [-0.1, -0.05) is 73.1 Å². The van der Waals surface area contributed by atoms with E-state index in [0.717, 1.165) is 61.6 Å². The topological polar surface area (TPSA) is 42.0 Å². The number of methoxy groups -OCH3 is 1. The Morgan fingerprint density at radius 1 is 0.917 bits per heavy atom. The highest BCUT2D eigenvalue weighted by molar-refractivity contribution is 6.30. The average Bonchev–Trinajstić information content (AvgIpc) is 2.93. The van der Waals surface area contributed by atoms with E-state index < -0.39 is 0 Å². The molecule has 3 aromatic rings. The van der Waals surface area contributed by atoms with Crippen LogP contribution in [0.3, 0.4) is 0 Å². The van der Waals surface area contributed by atoms with Crippen LogP contribution in [0.15, 0.2) is 78.9 Å². The molecule has 1 amide bonds. The van der Waals surface area contributed by atoms with E-state index in [0.29, 0.717) is 11.6 Å². The number of piperazine rings is 1. The van der Waals surface area contributed by atoms with Gasteiger partial charge in [0.05, 0.1) is 25.7 Å². The molecule has 5 nitrogen and oxygen atoms in total. The first kappa shape index (κ1) is 26.2. The minimum Gasteiger partial charge on any atom is -0.497 e. The average molecular weight is 507 g/mol. The van der Waals surface area contributed by atoms with Crippen LogP contribution in [0.2, 0.25) is 5.02 Å². The van der Waals surface area contributed by atoms with Crippen molar-refractivity contribution < 1.29 is 14.3 Å². The third kappa shape index (κ3) is 6.88. The maximum atomic E-state index is 13.3. The molecule has 0 N–H and O–H groups in total. The van der Waals surface area contributed by atoms with Crippen molar-refractivity contribution in [2.45, 2.75) is 32.0 Å². The van der Waals surface area contributed by atoms with Gasteiger partial charge in [0, 0.05) is 37.7 Å². The van der Waals surface area contributed by atoms with E-state index >= 15 is 0 Å². The summed E-state index contributed by atoms with van der Waals surface area (Å²) >= 11 is 6.14. The van der Waals surface area contributed by atoms with Gasteiger partial charge in [0.15, 0.2) is 0 Å². The summed E-state index contributed by atoms with van der Waals surface area (Å²) in [6.45, 7) is 6.42. The number of hydrogen-bond donors (Lipinski definition) is 0. The SMILES string of the molecule is CC[C@@H](C(=O)N1CCN(C[C@H](OCc2cccc(OC)c2)c2ccc(Cl)cc2)CC1)c1ccccc1. The number of carbonyl (C=O) groups is 1. The largest absolute Gasteiger partial charge is 0.497 e. The third-order valence-electron chi connectivity index (χ3n) is 6.84. The number of carbonyl (C=O) groups excluding carboxylic acids is 1. The summed E-state index contributed by atoms with van der Waals surface area (Å²) in [5.74, 6) is 0.971. The van der Waals surface area contributed by atoms with Crippen LogP contribution in [0.25, 0.3) is 0 Å². The Morgan fingerprint density at radius 2 is 1.64 bits per heavy atom. The maximum absolute atomic E-state index is 13.3. The van der Waals surface area contributed by atoms with Gasteiger partial charge in [0.25, 0.3) is 0 Å². The van der Waals surface area contributed by atoms with Crippen LogP contribution < -0.4 is 4.74 Å². The molecule has 0 spiro atoms. The molecule has 4 rings (SSSR count). The van der Waals surface area contributed by atoms with Gasteiger partial charge in [-0.2, -0.15) is 0 Å². The number of benzene rings is 3. The molecule has 1 fully saturated rings. The highest BCUT2D eigenvalue weighted by Crippen LogP contribution is 2.26. The third-order valence-corrected chi connectivity index (χ3v) is 7.10. The van der Waals surface area contributed by atoms with Gasteiger partial charge >= 0.3 is 0 Å². The molecule has 6 heteroatoms. The monoisotopic (exact) mass is 506 g/mol. The summed E-state index contributed by atoms with van der Waals surface area (Å²) in [7, 11) is 1.67. The minimum atomic E-state index is -0.108. The van der Waals surface area contributed by atoms with Crippen LogP contribution in [0.1, 0.15) is 42.1 Å². The molecular formula is C30H35ClN2O3. The number of ether oxygens (including phenoxy) is 2. The van der Waals surface area contributed by atoms with Crippen LogP contribution in [-0.2, 0) is 16.1 Å². The van der Waals surface area contributed by atoms with Crippen molar-refractivity contribution in [1.82, 2.24) is 9.80 Å². The van der Waals surface area contributed by atoms with Crippen molar-refractivity contribution in [3.8, 4) is 5.75 Å². The Hall–Kier alpha value is -2.86. The van der Waals surface area contributed by atoms with E-state index in [1.807, 2.05) is 71.6 Å². The molecule has 0 saturated carbocycles. The van der Waals surface area contributed by atoms with Crippen molar-refractivity contribution in [2.24, 2.45) is 0 Å². The van der Waals surface area contributed by atoms with E-state index in [1.54, 1.807) is 7.11 Å². The van der Waals surface area contributed by atoms with Gasteiger partial charge in [-0.05, 0) is 47.4 Å². The Kier molecular flexibility index (Phi) is 9.40. The standard InChI is InChI=1S/C30H35ClN2O3/c1-3-28(24-9-5-4-6-10-24)30(34)33-18-16-32(17-19-33)21-29(25-12-14-26(31)15-13-25)36-22-23-8-7-11-27(20-23)35-2/h4-15,20,28-29H,3,16-19,21-22H2,1-2H3/t28-,29+/m1/s1. The lowest BCUT2D eigenvalue weighted by molar-refractivity contribution is -0.135. The van der Waals surface area contributed by atoms with E-state index in [-0.39, 0.29) is 17.9 Å². The van der Waals surface area contributed by atoms with Gasteiger partial charge in [-0.25, -0.2) is 0 Å². The lowest BCUT2D eigenvalue weighted by Crippen LogP contribution is -2.50. The molecule has 0 radical (unpaired) electrons. The van der Waals surface area contributed by atoms with Crippen molar-refractivity contribution in [1.29, 1.82) is 0 Å². The highest BCUT2D eigenvalue weighted by atomic mass is 35.5. The number of halogens is 1. The minimum absolute atomic E-state index is 0.0780. The second-order valence-electron chi connectivity index (χ2n) is 9.20. The zero-order valence-electron chi connectivity index (χ0n) is 21.1. The number of rotatable bonds is 10. The highest BCUT2D eigenvalue weighted by Gasteiger charge is 2.28. The maximum Gasteiger partial charge on any atom is 0.230 e. The molecule has 1 aliphatic heterocycles. The van der Waals surface area contributed by atoms with E-state index in [2.05, 4.69) is 24.0 Å². The first-order valence-corrected chi connectivity index (χ1v) is 13.0. The quantitative estimate of drug-likeness (QED) is 0.341. The molecule has 0 bridgehead atoms. The fourth-order valence-corrected chi connectivity index (χ4v) is 4.86. The first-order valence-electron chi connectivity index (χ1n) is 12.6. The second-order valence-corrected chi connectivity index (χ2v) is 9.64. The van der Waals surface area contributed by atoms with Crippen molar-refractivity contribution >= 4 is 17.5 Å². The molecule has 1 aliphatic rings. The molecule has 36 heavy (non-hydrogen) atoms. The first-order chi connectivity index (χ1) is 17.6. The number of nitrogens with zero attached hydrogens (tertiary/aromatic N) is 2. The fourth-order valence-electron chi connectivity index (χ4n) is 4.73. The van der Waals surface area contributed by atoms with E-state index in [9.17, 15) is 4.79 Å². The molecule has 1 heterocycles. The summed E-state index contributed by atoms with van der Waals surface area (Å²) in [4.78, 5) is 17.7. The van der Waals surface area contributed by atoms with Gasteiger partial charge in [0.2, 0.25) is 5.91 Å². The zero-order chi connectivity index (χ0) is 25.3. The van der Waals surface area contributed by atoms with Crippen LogP contribution in [0, 0.1) is 0 Å². The molecule has 1 saturated heterocycles. The summed E-state index contributed by atoms with van der Waals surface area (Å²) in [5.41, 5.74) is 3.26. The molecule has 0 aliphatic carbocycles. The smallest absolute Gasteiger partial charge is 0.230 e. The Bertz CT molecular complexity index is 1100. The molecule has 3 aromatic carbocycles. The lowest BCUT2D eigenvalue weighted by atomic mass is 9.95. The molecular weight excluding hydrogens is 472 g/mol. The fraction of sp³-hybridized carbons (Fsp3) is 0.367. The molecule has 0 aromatic heterocycles. The van der Waals surface area contributed by atoms with Gasteiger partial charge in [0.1, 0.15) is 5.75 Å². The van der Waals surface area contributed by atoms with Crippen LogP contribution in [0.5, 0.6) is 5.75 Å². The van der Waals surface area contributed by atoms with Crippen molar-refractivity contribution in [3.05, 3.63) is 101 Å². The van der Waals surface area contributed by atoms with E-state index in [1.165, 1.54) is 0 Å². The van der Waals surface area contributed by atoms with Crippen molar-refractivity contribution in [3.63, 3.8) is 0 Å². The zero-order valence-corrected chi connectivity index (χ0v) is 21.9.